The lowest BCUT2D eigenvalue weighted by Crippen LogP contribution is -2.22. The Morgan fingerprint density at radius 3 is 2.74 bits per heavy atom. The number of aromatic carboxylic acids is 1. The molecule has 0 aliphatic heterocycles. The molecule has 1 aromatic heterocycles. The summed E-state index contributed by atoms with van der Waals surface area (Å²) in [5, 5.41) is 16.6. The lowest BCUT2D eigenvalue weighted by Gasteiger charge is -2.23. The highest BCUT2D eigenvalue weighted by atomic mass is 19.1. The van der Waals surface area contributed by atoms with Gasteiger partial charge >= 0.3 is 5.97 Å². The molecule has 0 saturated heterocycles. The first-order valence-corrected chi connectivity index (χ1v) is 5.72. The van der Waals surface area contributed by atoms with Crippen molar-refractivity contribution in [1.82, 2.24) is 10.2 Å². The number of benzene rings is 1. The van der Waals surface area contributed by atoms with Crippen LogP contribution in [0, 0.1) is 5.82 Å². The van der Waals surface area contributed by atoms with Crippen LogP contribution in [0.25, 0.3) is 0 Å². The summed E-state index contributed by atoms with van der Waals surface area (Å²) >= 11 is 0. The molecule has 0 radical (unpaired) electrons. The van der Waals surface area contributed by atoms with Crippen molar-refractivity contribution in [2.75, 3.05) is 11.4 Å². The molecule has 0 atom stereocenters. The van der Waals surface area contributed by atoms with Crippen molar-refractivity contribution in [1.29, 1.82) is 0 Å². The normalized spacial score (nSPS) is 10.2. The van der Waals surface area contributed by atoms with Gasteiger partial charge in [0.1, 0.15) is 11.4 Å². The maximum atomic E-state index is 13.8. The summed E-state index contributed by atoms with van der Waals surface area (Å²) in [4.78, 5) is 12.6. The van der Waals surface area contributed by atoms with Gasteiger partial charge in [0.2, 0.25) is 0 Å². The summed E-state index contributed by atoms with van der Waals surface area (Å²) < 4.78 is 13.8. The monoisotopic (exact) mass is 261 g/mol. The molecule has 0 spiro atoms. The second kappa shape index (κ2) is 5.43. The second-order valence-corrected chi connectivity index (χ2v) is 3.77. The third-order valence-corrected chi connectivity index (χ3v) is 2.65. The number of carboxylic acids is 1. The molecule has 0 saturated carbocycles. The number of nitrogens with zero attached hydrogens (tertiary/aromatic N) is 3. The first-order chi connectivity index (χ1) is 9.15. The maximum absolute atomic E-state index is 13.8. The number of halogens is 1. The number of rotatable bonds is 4. The number of hydrogen-bond acceptors (Lipinski definition) is 4. The van der Waals surface area contributed by atoms with E-state index in [9.17, 15) is 9.18 Å². The summed E-state index contributed by atoms with van der Waals surface area (Å²) in [6, 6.07) is 7.47. The van der Waals surface area contributed by atoms with Crippen molar-refractivity contribution in [3.05, 3.63) is 47.9 Å². The SMILES string of the molecule is CCN(c1ccccc1F)c1nnccc1C(=O)O. The molecule has 0 amide bonds. The quantitative estimate of drug-likeness (QED) is 0.915. The minimum absolute atomic E-state index is 0.0138. The van der Waals surface area contributed by atoms with Gasteiger partial charge in [0.15, 0.2) is 5.82 Å². The van der Waals surface area contributed by atoms with E-state index in [-0.39, 0.29) is 17.1 Å². The van der Waals surface area contributed by atoms with Crippen LogP contribution in [-0.4, -0.2) is 27.8 Å². The van der Waals surface area contributed by atoms with E-state index in [4.69, 9.17) is 5.11 Å². The molecule has 1 N–H and O–H groups in total. The molecule has 0 unspecified atom stereocenters. The number of carboxylic acid groups (broad SMARTS) is 1. The molecule has 0 bridgehead atoms. The maximum Gasteiger partial charge on any atom is 0.339 e. The third kappa shape index (κ3) is 2.52. The van der Waals surface area contributed by atoms with Gasteiger partial charge in [-0.25, -0.2) is 9.18 Å². The number of para-hydroxylation sites is 1. The Labute approximate surface area is 109 Å². The molecule has 19 heavy (non-hydrogen) atoms. The highest BCUT2D eigenvalue weighted by Crippen LogP contribution is 2.27. The van der Waals surface area contributed by atoms with Crippen LogP contribution in [0.1, 0.15) is 17.3 Å². The number of anilines is 2. The van der Waals surface area contributed by atoms with E-state index in [1.54, 1.807) is 25.1 Å². The van der Waals surface area contributed by atoms with E-state index in [2.05, 4.69) is 10.2 Å². The van der Waals surface area contributed by atoms with Gasteiger partial charge in [-0.3, -0.25) is 0 Å². The fourth-order valence-electron chi connectivity index (χ4n) is 1.80. The van der Waals surface area contributed by atoms with E-state index in [1.165, 1.54) is 23.2 Å². The largest absolute Gasteiger partial charge is 0.478 e. The second-order valence-electron chi connectivity index (χ2n) is 3.77. The van der Waals surface area contributed by atoms with Crippen molar-refractivity contribution >= 4 is 17.5 Å². The zero-order chi connectivity index (χ0) is 13.8. The van der Waals surface area contributed by atoms with E-state index in [0.29, 0.717) is 6.54 Å². The third-order valence-electron chi connectivity index (χ3n) is 2.65. The van der Waals surface area contributed by atoms with Gasteiger partial charge in [-0.15, -0.1) is 5.10 Å². The Hall–Kier alpha value is -2.50. The number of aromatic nitrogens is 2. The first-order valence-electron chi connectivity index (χ1n) is 5.72. The number of carbonyl (C=O) groups is 1. The summed E-state index contributed by atoms with van der Waals surface area (Å²) in [5.41, 5.74) is 0.258. The smallest absolute Gasteiger partial charge is 0.339 e. The predicted molar refractivity (Wildman–Crippen MR) is 68.1 cm³/mol. The Bertz CT molecular complexity index is 604. The molecule has 2 rings (SSSR count). The van der Waals surface area contributed by atoms with Gasteiger partial charge in [-0.05, 0) is 25.1 Å². The minimum Gasteiger partial charge on any atom is -0.478 e. The van der Waals surface area contributed by atoms with Gasteiger partial charge in [0.25, 0.3) is 0 Å². The standard InChI is InChI=1S/C13H12FN3O2/c1-2-17(11-6-4-3-5-10(11)14)12-9(13(18)19)7-8-15-16-12/h3-8H,2H2,1H3,(H,18,19). The molecule has 1 aromatic carbocycles. The lowest BCUT2D eigenvalue weighted by atomic mass is 10.2. The highest BCUT2D eigenvalue weighted by molar-refractivity contribution is 5.94. The molecule has 1 heterocycles. The van der Waals surface area contributed by atoms with Crippen LogP contribution in [0.15, 0.2) is 36.5 Å². The summed E-state index contributed by atoms with van der Waals surface area (Å²) in [5.74, 6) is -1.44. The minimum atomic E-state index is -1.13. The number of hydrogen-bond donors (Lipinski definition) is 1. The van der Waals surface area contributed by atoms with Crippen LogP contribution >= 0.6 is 0 Å². The van der Waals surface area contributed by atoms with Gasteiger partial charge in [0.05, 0.1) is 11.9 Å². The molecule has 0 fully saturated rings. The molecule has 98 valence electrons. The molecule has 0 aliphatic carbocycles. The molecule has 6 heteroatoms. The van der Waals surface area contributed by atoms with Crippen LogP contribution < -0.4 is 4.90 Å². The van der Waals surface area contributed by atoms with Crippen molar-refractivity contribution < 1.29 is 14.3 Å². The summed E-state index contributed by atoms with van der Waals surface area (Å²) in [7, 11) is 0. The average Bonchev–Trinajstić information content (AvgIpc) is 2.42. The zero-order valence-electron chi connectivity index (χ0n) is 10.2. The van der Waals surface area contributed by atoms with Crippen molar-refractivity contribution in [3.8, 4) is 0 Å². The fraction of sp³-hybridized carbons (Fsp3) is 0.154. The Morgan fingerprint density at radius 2 is 2.11 bits per heavy atom. The van der Waals surface area contributed by atoms with Crippen LogP contribution in [-0.2, 0) is 0 Å². The highest BCUT2D eigenvalue weighted by Gasteiger charge is 2.20. The van der Waals surface area contributed by atoms with Crippen LogP contribution in [0.3, 0.4) is 0 Å². The van der Waals surface area contributed by atoms with E-state index < -0.39 is 11.8 Å². The van der Waals surface area contributed by atoms with E-state index in [1.807, 2.05) is 0 Å². The van der Waals surface area contributed by atoms with Gasteiger partial charge in [-0.2, -0.15) is 5.10 Å². The van der Waals surface area contributed by atoms with Crippen molar-refractivity contribution in [2.24, 2.45) is 0 Å². The van der Waals surface area contributed by atoms with Crippen molar-refractivity contribution in [3.63, 3.8) is 0 Å². The Morgan fingerprint density at radius 1 is 1.37 bits per heavy atom. The summed E-state index contributed by atoms with van der Waals surface area (Å²) in [6.07, 6.45) is 1.29. The molecule has 2 aromatic rings. The average molecular weight is 261 g/mol. The molecular formula is C13H12FN3O2. The fourth-order valence-corrected chi connectivity index (χ4v) is 1.80. The summed E-state index contributed by atoms with van der Waals surface area (Å²) in [6.45, 7) is 2.16. The van der Waals surface area contributed by atoms with Crippen LogP contribution in [0.2, 0.25) is 0 Å². The van der Waals surface area contributed by atoms with E-state index in [0.717, 1.165) is 0 Å². The van der Waals surface area contributed by atoms with E-state index >= 15 is 0 Å². The Balaban J connectivity index is 2.55. The van der Waals surface area contributed by atoms with Crippen LogP contribution in [0.4, 0.5) is 15.9 Å². The Kier molecular flexibility index (Phi) is 3.70. The molecule has 5 nitrogen and oxygen atoms in total. The van der Waals surface area contributed by atoms with Gasteiger partial charge in [0, 0.05) is 6.54 Å². The molecular weight excluding hydrogens is 249 g/mol. The molecule has 0 aliphatic rings. The topological polar surface area (TPSA) is 66.3 Å². The van der Waals surface area contributed by atoms with Crippen LogP contribution in [0.5, 0.6) is 0 Å². The zero-order valence-corrected chi connectivity index (χ0v) is 10.2. The lowest BCUT2D eigenvalue weighted by molar-refractivity contribution is 0.0697. The predicted octanol–water partition coefficient (Wildman–Crippen LogP) is 2.47. The van der Waals surface area contributed by atoms with Crippen molar-refractivity contribution in [2.45, 2.75) is 6.92 Å². The van der Waals surface area contributed by atoms with Gasteiger partial charge < -0.3 is 10.0 Å². The first kappa shape index (κ1) is 12.9. The van der Waals surface area contributed by atoms with Gasteiger partial charge in [-0.1, -0.05) is 12.1 Å².